The molecule has 2 N–H and O–H groups in total. The van der Waals surface area contributed by atoms with E-state index in [4.69, 9.17) is 17.3 Å². The third-order valence-electron chi connectivity index (χ3n) is 3.38. The van der Waals surface area contributed by atoms with Gasteiger partial charge in [-0.2, -0.15) is 0 Å². The van der Waals surface area contributed by atoms with E-state index in [2.05, 4.69) is 49.1 Å². The predicted molar refractivity (Wildman–Crippen MR) is 88.1 cm³/mol. The Morgan fingerprint density at radius 2 is 1.95 bits per heavy atom. The number of benzene rings is 2. The molecule has 2 nitrogen and oxygen atoms in total. The Bertz CT molecular complexity index is 581. The summed E-state index contributed by atoms with van der Waals surface area (Å²) < 4.78 is 0. The zero-order chi connectivity index (χ0) is 14.5. The summed E-state index contributed by atoms with van der Waals surface area (Å²) in [6.07, 6.45) is 0.856. The van der Waals surface area contributed by atoms with E-state index in [0.717, 1.165) is 23.7 Å². The number of hydrogen-bond acceptors (Lipinski definition) is 2. The smallest absolute Gasteiger partial charge is 0.0458 e. The van der Waals surface area contributed by atoms with E-state index in [1.54, 1.807) is 0 Å². The largest absolute Gasteiger partial charge is 0.341 e. The number of anilines is 2. The fraction of sp³-hybridized carbons (Fsp3) is 0.294. The van der Waals surface area contributed by atoms with Gasteiger partial charge in [-0.1, -0.05) is 29.8 Å². The molecule has 0 aromatic heterocycles. The van der Waals surface area contributed by atoms with Crippen LogP contribution in [0, 0.1) is 6.92 Å². The molecular formula is C17H21ClN2. The summed E-state index contributed by atoms with van der Waals surface area (Å²) in [5.41, 5.74) is 10.5. The second-order valence-corrected chi connectivity index (χ2v) is 5.33. The minimum atomic E-state index is 0.639. The maximum atomic E-state index is 6.18. The minimum Gasteiger partial charge on any atom is -0.341 e. The molecule has 0 fully saturated rings. The lowest BCUT2D eigenvalue weighted by atomic mass is 10.1. The summed E-state index contributed by atoms with van der Waals surface area (Å²) >= 11 is 6.18. The van der Waals surface area contributed by atoms with Gasteiger partial charge in [0.05, 0.1) is 0 Å². The van der Waals surface area contributed by atoms with E-state index in [1.165, 1.54) is 16.8 Å². The lowest BCUT2D eigenvalue weighted by Gasteiger charge is -2.26. The molecule has 0 bridgehead atoms. The topological polar surface area (TPSA) is 29.3 Å². The van der Waals surface area contributed by atoms with Gasteiger partial charge >= 0.3 is 0 Å². The molecule has 0 atom stereocenters. The first-order valence-electron chi connectivity index (χ1n) is 6.98. The first kappa shape index (κ1) is 14.9. The zero-order valence-corrected chi connectivity index (χ0v) is 12.8. The molecule has 2 aromatic rings. The highest BCUT2D eigenvalue weighted by atomic mass is 35.5. The van der Waals surface area contributed by atoms with E-state index >= 15 is 0 Å². The van der Waals surface area contributed by atoms with Crippen molar-refractivity contribution in [3.8, 4) is 0 Å². The van der Waals surface area contributed by atoms with E-state index in [0.29, 0.717) is 6.54 Å². The van der Waals surface area contributed by atoms with Gasteiger partial charge in [0.25, 0.3) is 0 Å². The first-order valence-corrected chi connectivity index (χ1v) is 7.36. The molecule has 2 aromatic carbocycles. The lowest BCUT2D eigenvalue weighted by molar-refractivity contribution is 0.942. The molecule has 0 unspecified atom stereocenters. The number of nitrogens with zero attached hydrogens (tertiary/aromatic N) is 1. The van der Waals surface area contributed by atoms with Crippen molar-refractivity contribution in [3.05, 3.63) is 58.6 Å². The molecule has 3 heteroatoms. The molecule has 0 radical (unpaired) electrons. The van der Waals surface area contributed by atoms with Gasteiger partial charge in [-0.3, -0.25) is 0 Å². The quantitative estimate of drug-likeness (QED) is 0.888. The monoisotopic (exact) mass is 288 g/mol. The van der Waals surface area contributed by atoms with E-state index in [-0.39, 0.29) is 0 Å². The van der Waals surface area contributed by atoms with Gasteiger partial charge in [-0.25, -0.2) is 0 Å². The number of nitrogens with two attached hydrogens (primary N) is 1. The van der Waals surface area contributed by atoms with Gasteiger partial charge in [0.15, 0.2) is 0 Å². The summed E-state index contributed by atoms with van der Waals surface area (Å²) in [6, 6.07) is 14.5. The van der Waals surface area contributed by atoms with Crippen LogP contribution in [0.3, 0.4) is 0 Å². The summed E-state index contributed by atoms with van der Waals surface area (Å²) in [5.74, 6) is 0. The summed E-state index contributed by atoms with van der Waals surface area (Å²) in [5, 5.41) is 0.756. The molecule has 0 aliphatic rings. The normalized spacial score (nSPS) is 10.6. The van der Waals surface area contributed by atoms with Gasteiger partial charge in [-0.05, 0) is 62.2 Å². The summed E-state index contributed by atoms with van der Waals surface area (Å²) in [6.45, 7) is 5.78. The fourth-order valence-electron chi connectivity index (χ4n) is 2.44. The standard InChI is InChI=1S/C17H21ClN2/c1-3-20(16-6-4-5-13(2)11-16)17-12-15(18)8-7-14(17)9-10-19/h4-8,11-12H,3,9-10,19H2,1-2H3. The Labute approximate surface area is 126 Å². The number of halogens is 1. The van der Waals surface area contributed by atoms with Crippen molar-refractivity contribution in [2.45, 2.75) is 20.3 Å². The second kappa shape index (κ2) is 6.78. The summed E-state index contributed by atoms with van der Waals surface area (Å²) in [4.78, 5) is 2.28. The van der Waals surface area contributed by atoms with Gasteiger partial charge < -0.3 is 10.6 Å². The molecule has 0 saturated carbocycles. The molecular weight excluding hydrogens is 268 g/mol. The Hall–Kier alpha value is -1.51. The molecule has 0 aliphatic carbocycles. The molecule has 0 spiro atoms. The van der Waals surface area contributed by atoms with Gasteiger partial charge in [0, 0.05) is 22.9 Å². The molecule has 0 saturated heterocycles. The van der Waals surface area contributed by atoms with Gasteiger partial charge in [0.1, 0.15) is 0 Å². The van der Waals surface area contributed by atoms with Crippen LogP contribution < -0.4 is 10.6 Å². The highest BCUT2D eigenvalue weighted by Gasteiger charge is 2.12. The molecule has 0 heterocycles. The second-order valence-electron chi connectivity index (χ2n) is 4.89. The molecule has 0 amide bonds. The van der Waals surface area contributed by atoms with Crippen LogP contribution in [-0.2, 0) is 6.42 Å². The predicted octanol–water partition coefficient (Wildman–Crippen LogP) is 4.31. The SMILES string of the molecule is CCN(c1cccc(C)c1)c1cc(Cl)ccc1CCN. The highest BCUT2D eigenvalue weighted by molar-refractivity contribution is 6.30. The van der Waals surface area contributed by atoms with Gasteiger partial charge in [-0.15, -0.1) is 0 Å². The van der Waals surface area contributed by atoms with Crippen LogP contribution in [0.4, 0.5) is 11.4 Å². The highest BCUT2D eigenvalue weighted by Crippen LogP contribution is 2.31. The summed E-state index contributed by atoms with van der Waals surface area (Å²) in [7, 11) is 0. The van der Waals surface area contributed by atoms with E-state index < -0.39 is 0 Å². The Balaban J connectivity index is 2.48. The van der Waals surface area contributed by atoms with E-state index in [1.807, 2.05) is 12.1 Å². The first-order chi connectivity index (χ1) is 9.65. The third kappa shape index (κ3) is 3.33. The fourth-order valence-corrected chi connectivity index (χ4v) is 2.61. The zero-order valence-electron chi connectivity index (χ0n) is 12.1. The average Bonchev–Trinajstić information content (AvgIpc) is 2.43. The van der Waals surface area contributed by atoms with Crippen LogP contribution in [-0.4, -0.2) is 13.1 Å². The van der Waals surface area contributed by atoms with Crippen molar-refractivity contribution in [1.29, 1.82) is 0 Å². The molecule has 106 valence electrons. The number of rotatable bonds is 5. The molecule has 20 heavy (non-hydrogen) atoms. The van der Waals surface area contributed by atoms with Crippen molar-refractivity contribution in [2.24, 2.45) is 5.73 Å². The van der Waals surface area contributed by atoms with Crippen LogP contribution in [0.25, 0.3) is 0 Å². The van der Waals surface area contributed by atoms with Crippen molar-refractivity contribution < 1.29 is 0 Å². The third-order valence-corrected chi connectivity index (χ3v) is 3.62. The van der Waals surface area contributed by atoms with Crippen molar-refractivity contribution in [1.82, 2.24) is 0 Å². The Kier molecular flexibility index (Phi) is 5.05. The lowest BCUT2D eigenvalue weighted by Crippen LogP contribution is -2.18. The van der Waals surface area contributed by atoms with Crippen molar-refractivity contribution in [2.75, 3.05) is 18.0 Å². The number of aryl methyl sites for hydroxylation is 1. The van der Waals surface area contributed by atoms with Crippen LogP contribution >= 0.6 is 11.6 Å². The Morgan fingerprint density at radius 1 is 1.15 bits per heavy atom. The maximum absolute atomic E-state index is 6.18. The van der Waals surface area contributed by atoms with Gasteiger partial charge in [0.2, 0.25) is 0 Å². The maximum Gasteiger partial charge on any atom is 0.0458 e. The van der Waals surface area contributed by atoms with E-state index in [9.17, 15) is 0 Å². The van der Waals surface area contributed by atoms with Crippen LogP contribution in [0.2, 0.25) is 5.02 Å². The Morgan fingerprint density at radius 3 is 2.60 bits per heavy atom. The number of hydrogen-bond donors (Lipinski definition) is 1. The molecule has 0 aliphatic heterocycles. The minimum absolute atomic E-state index is 0.639. The average molecular weight is 289 g/mol. The van der Waals surface area contributed by atoms with Crippen LogP contribution in [0.15, 0.2) is 42.5 Å². The molecule has 2 rings (SSSR count). The van der Waals surface area contributed by atoms with Crippen molar-refractivity contribution >= 4 is 23.0 Å². The van der Waals surface area contributed by atoms with Crippen molar-refractivity contribution in [3.63, 3.8) is 0 Å². The van der Waals surface area contributed by atoms with Crippen LogP contribution in [0.1, 0.15) is 18.1 Å². The van der Waals surface area contributed by atoms with Crippen LogP contribution in [0.5, 0.6) is 0 Å².